The van der Waals surface area contributed by atoms with E-state index in [1.807, 2.05) is 25.1 Å². The molecule has 18 heavy (non-hydrogen) atoms. The Kier molecular flexibility index (Phi) is 4.22. The molecule has 1 saturated heterocycles. The summed E-state index contributed by atoms with van der Waals surface area (Å²) in [4.78, 5) is 2.48. The van der Waals surface area contributed by atoms with Gasteiger partial charge in [-0.15, -0.1) is 0 Å². The van der Waals surface area contributed by atoms with Gasteiger partial charge in [-0.3, -0.25) is 0 Å². The smallest absolute Gasteiger partial charge is 0.101 e. The molecular weight excluding hydrogens is 222 g/mol. The summed E-state index contributed by atoms with van der Waals surface area (Å²) in [6.07, 6.45) is 2.64. The van der Waals surface area contributed by atoms with Gasteiger partial charge >= 0.3 is 0 Å². The largest absolute Gasteiger partial charge is 0.380 e. The molecule has 0 radical (unpaired) electrons. The van der Waals surface area contributed by atoms with Crippen LogP contribution in [0, 0.1) is 18.3 Å². The van der Waals surface area contributed by atoms with E-state index in [0.29, 0.717) is 6.04 Å². The topological polar surface area (TPSA) is 39.1 Å². The number of likely N-dealkylation sites (tertiary alicyclic amines) is 1. The van der Waals surface area contributed by atoms with Crippen LogP contribution in [0.3, 0.4) is 0 Å². The first-order chi connectivity index (χ1) is 8.69. The Morgan fingerprint density at radius 1 is 1.39 bits per heavy atom. The second kappa shape index (κ2) is 5.88. The number of nitrogens with zero attached hydrogens (tertiary/aromatic N) is 2. The Hall–Kier alpha value is -1.53. The quantitative estimate of drug-likeness (QED) is 0.883. The van der Waals surface area contributed by atoms with Gasteiger partial charge in [0.15, 0.2) is 0 Å². The van der Waals surface area contributed by atoms with Crippen LogP contribution in [0.2, 0.25) is 0 Å². The van der Waals surface area contributed by atoms with Crippen molar-refractivity contribution >= 4 is 5.69 Å². The van der Waals surface area contributed by atoms with Gasteiger partial charge in [-0.05, 0) is 57.5 Å². The van der Waals surface area contributed by atoms with Gasteiger partial charge in [0, 0.05) is 12.6 Å². The summed E-state index contributed by atoms with van der Waals surface area (Å²) in [6.45, 7) is 7.67. The Bertz CT molecular complexity index is 442. The third kappa shape index (κ3) is 3.24. The number of aryl methyl sites for hydroxylation is 1. The zero-order chi connectivity index (χ0) is 13.0. The van der Waals surface area contributed by atoms with Crippen LogP contribution in [0.4, 0.5) is 5.69 Å². The van der Waals surface area contributed by atoms with Crippen molar-refractivity contribution in [2.24, 2.45) is 0 Å². The van der Waals surface area contributed by atoms with E-state index in [9.17, 15) is 0 Å². The van der Waals surface area contributed by atoms with Crippen molar-refractivity contribution < 1.29 is 0 Å². The van der Waals surface area contributed by atoms with Crippen LogP contribution in [0.15, 0.2) is 18.2 Å². The Balaban J connectivity index is 1.98. The maximum atomic E-state index is 9.14. The summed E-state index contributed by atoms with van der Waals surface area (Å²) >= 11 is 0. The molecule has 3 heteroatoms. The minimum Gasteiger partial charge on any atom is -0.380 e. The number of hydrogen-bond acceptors (Lipinski definition) is 3. The Morgan fingerprint density at radius 2 is 2.11 bits per heavy atom. The minimum absolute atomic E-state index is 0.373. The van der Waals surface area contributed by atoms with E-state index in [1.54, 1.807) is 0 Å². The van der Waals surface area contributed by atoms with Gasteiger partial charge in [0.1, 0.15) is 6.07 Å². The van der Waals surface area contributed by atoms with Gasteiger partial charge in [0.05, 0.1) is 11.3 Å². The average molecular weight is 243 g/mol. The molecule has 1 aliphatic rings. The van der Waals surface area contributed by atoms with Crippen molar-refractivity contribution in [1.82, 2.24) is 4.90 Å². The normalized spacial score (nSPS) is 17.4. The zero-order valence-electron chi connectivity index (χ0n) is 11.2. The Labute approximate surface area is 109 Å². The predicted molar refractivity (Wildman–Crippen MR) is 74.7 cm³/mol. The highest BCUT2D eigenvalue weighted by atomic mass is 15.2. The molecule has 0 bridgehead atoms. The molecule has 2 rings (SSSR count). The number of rotatable bonds is 4. The van der Waals surface area contributed by atoms with Crippen molar-refractivity contribution in [2.45, 2.75) is 32.7 Å². The average Bonchev–Trinajstić information content (AvgIpc) is 2.84. The van der Waals surface area contributed by atoms with Crippen LogP contribution in [0.25, 0.3) is 0 Å². The van der Waals surface area contributed by atoms with E-state index in [1.165, 1.54) is 25.9 Å². The number of hydrogen-bond donors (Lipinski definition) is 1. The highest BCUT2D eigenvalue weighted by Gasteiger charge is 2.15. The maximum Gasteiger partial charge on any atom is 0.101 e. The van der Waals surface area contributed by atoms with Crippen molar-refractivity contribution in [1.29, 1.82) is 5.26 Å². The lowest BCUT2D eigenvalue weighted by atomic mass is 10.1. The van der Waals surface area contributed by atoms with Crippen molar-refractivity contribution in [3.63, 3.8) is 0 Å². The van der Waals surface area contributed by atoms with E-state index < -0.39 is 0 Å². The fourth-order valence-electron chi connectivity index (χ4n) is 2.54. The van der Waals surface area contributed by atoms with Gasteiger partial charge in [-0.2, -0.15) is 5.26 Å². The molecule has 0 saturated carbocycles. The van der Waals surface area contributed by atoms with E-state index in [-0.39, 0.29) is 0 Å². The van der Waals surface area contributed by atoms with Crippen LogP contribution >= 0.6 is 0 Å². The number of nitriles is 1. The van der Waals surface area contributed by atoms with E-state index >= 15 is 0 Å². The van der Waals surface area contributed by atoms with Gasteiger partial charge in [0.25, 0.3) is 0 Å². The standard InChI is InChI=1S/C15H21N3/c1-12-5-6-15(14(9-12)10-16)17-13(2)11-18-7-3-4-8-18/h5-6,9,13,17H,3-4,7-8,11H2,1-2H3. The zero-order valence-corrected chi connectivity index (χ0v) is 11.2. The second-order valence-corrected chi connectivity index (χ2v) is 5.21. The highest BCUT2D eigenvalue weighted by molar-refractivity contribution is 5.58. The first kappa shape index (κ1) is 12.9. The maximum absolute atomic E-state index is 9.14. The summed E-state index contributed by atoms with van der Waals surface area (Å²) in [6, 6.07) is 8.62. The summed E-state index contributed by atoms with van der Waals surface area (Å²) in [7, 11) is 0. The lowest BCUT2D eigenvalue weighted by molar-refractivity contribution is 0.328. The second-order valence-electron chi connectivity index (χ2n) is 5.21. The lowest BCUT2D eigenvalue weighted by Gasteiger charge is -2.22. The van der Waals surface area contributed by atoms with Crippen molar-refractivity contribution in [2.75, 3.05) is 25.0 Å². The summed E-state index contributed by atoms with van der Waals surface area (Å²) in [5.74, 6) is 0. The van der Waals surface area contributed by atoms with Gasteiger partial charge in [-0.1, -0.05) is 6.07 Å². The van der Waals surface area contributed by atoms with E-state index in [2.05, 4.69) is 23.2 Å². The predicted octanol–water partition coefficient (Wildman–Crippen LogP) is 2.76. The summed E-state index contributed by atoms with van der Waals surface area (Å²) in [5, 5.41) is 12.6. The molecule has 1 N–H and O–H groups in total. The summed E-state index contributed by atoms with van der Waals surface area (Å²) < 4.78 is 0. The minimum atomic E-state index is 0.373. The molecule has 96 valence electrons. The Morgan fingerprint density at radius 3 is 2.78 bits per heavy atom. The lowest BCUT2D eigenvalue weighted by Crippen LogP contribution is -2.33. The molecule has 1 unspecified atom stereocenters. The van der Waals surface area contributed by atoms with Crippen LogP contribution < -0.4 is 5.32 Å². The molecule has 1 heterocycles. The fourth-order valence-corrected chi connectivity index (χ4v) is 2.54. The highest BCUT2D eigenvalue weighted by Crippen LogP contribution is 2.18. The number of anilines is 1. The molecule has 1 aliphatic heterocycles. The van der Waals surface area contributed by atoms with Crippen molar-refractivity contribution in [3.05, 3.63) is 29.3 Å². The molecule has 1 aromatic carbocycles. The third-order valence-corrected chi connectivity index (χ3v) is 3.43. The molecule has 1 atom stereocenters. The molecule has 0 aromatic heterocycles. The molecule has 1 aromatic rings. The van der Waals surface area contributed by atoms with Crippen LogP contribution in [0.1, 0.15) is 30.9 Å². The summed E-state index contributed by atoms with van der Waals surface area (Å²) in [5.41, 5.74) is 2.82. The first-order valence-electron chi connectivity index (χ1n) is 6.68. The molecule has 0 aliphatic carbocycles. The molecule has 1 fully saturated rings. The van der Waals surface area contributed by atoms with Gasteiger partial charge < -0.3 is 10.2 Å². The van der Waals surface area contributed by atoms with E-state index in [4.69, 9.17) is 5.26 Å². The third-order valence-electron chi connectivity index (χ3n) is 3.43. The van der Waals surface area contributed by atoms with Crippen molar-refractivity contribution in [3.8, 4) is 6.07 Å². The van der Waals surface area contributed by atoms with Gasteiger partial charge in [0.2, 0.25) is 0 Å². The molecular formula is C15H21N3. The SMILES string of the molecule is Cc1ccc(NC(C)CN2CCCC2)c(C#N)c1. The fraction of sp³-hybridized carbons (Fsp3) is 0.533. The molecule has 0 amide bonds. The molecule has 0 spiro atoms. The van der Waals surface area contributed by atoms with Crippen LogP contribution in [-0.4, -0.2) is 30.6 Å². The number of benzene rings is 1. The van der Waals surface area contributed by atoms with E-state index in [0.717, 1.165) is 23.4 Å². The van der Waals surface area contributed by atoms with Gasteiger partial charge in [-0.25, -0.2) is 0 Å². The number of nitrogens with one attached hydrogen (secondary N) is 1. The monoisotopic (exact) mass is 243 g/mol. The molecule has 3 nitrogen and oxygen atoms in total. The first-order valence-corrected chi connectivity index (χ1v) is 6.68. The van der Waals surface area contributed by atoms with Crippen LogP contribution in [-0.2, 0) is 0 Å². The van der Waals surface area contributed by atoms with Crippen LogP contribution in [0.5, 0.6) is 0 Å².